The van der Waals surface area contributed by atoms with E-state index in [2.05, 4.69) is 22.5 Å². The molecule has 0 saturated carbocycles. The number of benzene rings is 2. The Bertz CT molecular complexity index is 1060. The number of hydrogen-bond donors (Lipinski definition) is 3. The van der Waals surface area contributed by atoms with Gasteiger partial charge in [0.2, 0.25) is 0 Å². The number of likely N-dealkylation sites (N-methyl/N-ethyl adjacent to an activating group) is 1. The second-order valence-electron chi connectivity index (χ2n) is 7.30. The molecule has 0 aliphatic carbocycles. The Morgan fingerprint density at radius 3 is 2.69 bits per heavy atom. The first-order chi connectivity index (χ1) is 15.4. The maximum Gasteiger partial charge on any atom is 0.310 e. The summed E-state index contributed by atoms with van der Waals surface area (Å²) in [6, 6.07) is 13.0. The van der Waals surface area contributed by atoms with E-state index in [0.29, 0.717) is 23.4 Å². The zero-order chi connectivity index (χ0) is 23.1. The van der Waals surface area contributed by atoms with Crippen LogP contribution in [0.4, 0.5) is 5.69 Å². The Labute approximate surface area is 186 Å². The molecule has 0 saturated heterocycles. The zero-order valence-electron chi connectivity index (χ0n) is 17.9. The summed E-state index contributed by atoms with van der Waals surface area (Å²) in [5, 5.41) is 13.9. The molecule has 2 aromatic carbocycles. The highest BCUT2D eigenvalue weighted by Gasteiger charge is 2.32. The van der Waals surface area contributed by atoms with Crippen LogP contribution in [0.5, 0.6) is 5.75 Å². The van der Waals surface area contributed by atoms with E-state index in [4.69, 9.17) is 9.84 Å². The number of aliphatic hydroxyl groups is 1. The lowest BCUT2D eigenvalue weighted by molar-refractivity contribution is -0.141. The van der Waals surface area contributed by atoms with Gasteiger partial charge < -0.3 is 25.4 Å². The van der Waals surface area contributed by atoms with Gasteiger partial charge in [-0.1, -0.05) is 42.2 Å². The summed E-state index contributed by atoms with van der Waals surface area (Å²) in [6.07, 6.45) is 0.349. The number of rotatable bonds is 4. The minimum absolute atomic E-state index is 0.0292. The van der Waals surface area contributed by atoms with Gasteiger partial charge in [0.1, 0.15) is 18.4 Å². The van der Waals surface area contributed by atoms with Gasteiger partial charge in [-0.2, -0.15) is 0 Å². The third kappa shape index (κ3) is 5.45. The Hall–Kier alpha value is -3.83. The molecule has 1 unspecified atom stereocenters. The molecule has 2 atom stereocenters. The summed E-state index contributed by atoms with van der Waals surface area (Å²) in [5.74, 6) is 4.05. The van der Waals surface area contributed by atoms with E-state index in [0.717, 1.165) is 5.56 Å². The van der Waals surface area contributed by atoms with Crippen molar-refractivity contribution in [2.24, 2.45) is 0 Å². The Morgan fingerprint density at radius 1 is 1.22 bits per heavy atom. The molecule has 8 heteroatoms. The first-order valence-electron chi connectivity index (χ1n) is 10.2. The molecule has 0 bridgehead atoms. The lowest BCUT2D eigenvalue weighted by Crippen LogP contribution is -2.53. The average molecular weight is 435 g/mol. The van der Waals surface area contributed by atoms with E-state index in [-0.39, 0.29) is 19.3 Å². The van der Waals surface area contributed by atoms with Gasteiger partial charge in [0, 0.05) is 19.0 Å². The van der Waals surface area contributed by atoms with Crippen LogP contribution in [0.2, 0.25) is 0 Å². The van der Waals surface area contributed by atoms with E-state index in [9.17, 15) is 14.4 Å². The number of carbonyl (C=O) groups excluding carboxylic acids is 3. The molecular weight excluding hydrogens is 410 g/mol. The molecule has 0 aromatic heterocycles. The van der Waals surface area contributed by atoms with Crippen LogP contribution < -0.4 is 20.3 Å². The topological polar surface area (TPSA) is 108 Å². The van der Waals surface area contributed by atoms with Crippen LogP contribution >= 0.6 is 0 Å². The number of ether oxygens (including phenoxy) is 1. The normalized spacial score (nSPS) is 15.9. The van der Waals surface area contributed by atoms with E-state index in [1.165, 1.54) is 4.90 Å². The predicted octanol–water partition coefficient (Wildman–Crippen LogP) is 1.14. The molecule has 8 nitrogen and oxygen atoms in total. The molecule has 166 valence electrons. The van der Waals surface area contributed by atoms with Crippen molar-refractivity contribution in [3.63, 3.8) is 0 Å². The minimum Gasteiger partial charge on any atom is -0.489 e. The highest BCUT2D eigenvalue weighted by molar-refractivity contribution is 6.35. The third-order valence-corrected chi connectivity index (χ3v) is 4.98. The van der Waals surface area contributed by atoms with Gasteiger partial charge in [-0.15, -0.1) is 0 Å². The third-order valence-electron chi connectivity index (χ3n) is 4.98. The van der Waals surface area contributed by atoms with Gasteiger partial charge in [-0.05, 0) is 30.7 Å². The Balaban J connectivity index is 1.66. The van der Waals surface area contributed by atoms with Crippen molar-refractivity contribution in [2.45, 2.75) is 25.4 Å². The second-order valence-corrected chi connectivity index (χ2v) is 7.30. The summed E-state index contributed by atoms with van der Waals surface area (Å²) in [5.41, 5.74) is 2.03. The number of amides is 3. The van der Waals surface area contributed by atoms with Crippen molar-refractivity contribution in [2.75, 3.05) is 25.2 Å². The number of nitrogens with zero attached hydrogens (tertiary/aromatic N) is 1. The maximum atomic E-state index is 12.9. The number of hydrogen-bond acceptors (Lipinski definition) is 5. The maximum absolute atomic E-state index is 12.9. The van der Waals surface area contributed by atoms with Crippen LogP contribution in [0.25, 0.3) is 0 Å². The van der Waals surface area contributed by atoms with Crippen molar-refractivity contribution in [3.8, 4) is 17.6 Å². The van der Waals surface area contributed by atoms with Gasteiger partial charge in [0.25, 0.3) is 5.91 Å². The van der Waals surface area contributed by atoms with Crippen LogP contribution in [0.15, 0.2) is 48.5 Å². The van der Waals surface area contributed by atoms with Gasteiger partial charge in [0.05, 0.1) is 18.3 Å². The summed E-state index contributed by atoms with van der Waals surface area (Å²) in [7, 11) is 1.57. The van der Waals surface area contributed by atoms with Gasteiger partial charge in [0.15, 0.2) is 0 Å². The predicted molar refractivity (Wildman–Crippen MR) is 119 cm³/mol. The standard InChI is InChI=1S/C24H25N3O5/c1-16(18-9-4-3-5-10-18)25-22(29)23(30)26-19-15-32-21-12-11-17(8-6-7-13-28)14-20(21)27(2)24(19)31/h3-5,9-12,14,16,19,28H,7,13,15H2,1-2H3,(H,25,29)(H,26,30)/t16?,19-/m0/s1. The second kappa shape index (κ2) is 10.5. The monoisotopic (exact) mass is 435 g/mol. The molecule has 1 aliphatic rings. The smallest absolute Gasteiger partial charge is 0.310 e. The molecule has 32 heavy (non-hydrogen) atoms. The number of anilines is 1. The van der Waals surface area contributed by atoms with Crippen LogP contribution in [0.3, 0.4) is 0 Å². The molecular formula is C24H25N3O5. The fourth-order valence-electron chi connectivity index (χ4n) is 3.21. The highest BCUT2D eigenvalue weighted by Crippen LogP contribution is 2.31. The summed E-state index contributed by atoms with van der Waals surface area (Å²) in [4.78, 5) is 39.1. The first-order valence-corrected chi connectivity index (χ1v) is 10.2. The lowest BCUT2D eigenvalue weighted by Gasteiger charge is -2.21. The van der Waals surface area contributed by atoms with Crippen molar-refractivity contribution < 1.29 is 24.2 Å². The lowest BCUT2D eigenvalue weighted by atomic mass is 10.1. The van der Waals surface area contributed by atoms with Crippen molar-refractivity contribution >= 4 is 23.4 Å². The molecule has 2 aromatic rings. The zero-order valence-corrected chi connectivity index (χ0v) is 17.9. The molecule has 1 heterocycles. The number of carbonyl (C=O) groups is 3. The molecule has 0 radical (unpaired) electrons. The summed E-state index contributed by atoms with van der Waals surface area (Å²) < 4.78 is 5.72. The van der Waals surface area contributed by atoms with Crippen molar-refractivity contribution in [3.05, 3.63) is 59.7 Å². The number of fused-ring (bicyclic) bond motifs is 1. The highest BCUT2D eigenvalue weighted by atomic mass is 16.5. The molecule has 0 spiro atoms. The van der Waals surface area contributed by atoms with Gasteiger partial charge in [-0.25, -0.2) is 0 Å². The largest absolute Gasteiger partial charge is 0.489 e. The van der Waals surface area contributed by atoms with Crippen molar-refractivity contribution in [1.82, 2.24) is 10.6 Å². The Morgan fingerprint density at radius 2 is 1.97 bits per heavy atom. The van der Waals surface area contributed by atoms with Gasteiger partial charge in [-0.3, -0.25) is 14.4 Å². The van der Waals surface area contributed by atoms with Crippen molar-refractivity contribution in [1.29, 1.82) is 0 Å². The first kappa shape index (κ1) is 22.8. The number of aliphatic hydroxyl groups excluding tert-OH is 1. The SMILES string of the molecule is CC(NC(=O)C(=O)N[C@H]1COc2ccc(C#CCCO)cc2N(C)C1=O)c1ccccc1. The van der Waals surface area contributed by atoms with Crippen LogP contribution in [0.1, 0.15) is 30.5 Å². The molecule has 3 rings (SSSR count). The molecule has 3 amide bonds. The van der Waals surface area contributed by atoms with E-state index in [1.807, 2.05) is 30.3 Å². The molecule has 1 aliphatic heterocycles. The van der Waals surface area contributed by atoms with Crippen LogP contribution in [-0.4, -0.2) is 49.1 Å². The van der Waals surface area contributed by atoms with E-state index < -0.39 is 23.8 Å². The Kier molecular flexibility index (Phi) is 7.47. The summed E-state index contributed by atoms with van der Waals surface area (Å²) in [6.45, 7) is 1.63. The van der Waals surface area contributed by atoms with E-state index >= 15 is 0 Å². The minimum atomic E-state index is -1.03. The fraction of sp³-hybridized carbons (Fsp3) is 0.292. The van der Waals surface area contributed by atoms with E-state index in [1.54, 1.807) is 32.2 Å². The summed E-state index contributed by atoms with van der Waals surface area (Å²) >= 11 is 0. The fourth-order valence-corrected chi connectivity index (χ4v) is 3.21. The van der Waals surface area contributed by atoms with Gasteiger partial charge >= 0.3 is 11.8 Å². The number of nitrogens with one attached hydrogen (secondary N) is 2. The molecule has 3 N–H and O–H groups in total. The van der Waals surface area contributed by atoms with Crippen LogP contribution in [0, 0.1) is 11.8 Å². The average Bonchev–Trinajstić information content (AvgIpc) is 2.92. The molecule has 0 fully saturated rings. The van der Waals surface area contributed by atoms with Crippen LogP contribution in [-0.2, 0) is 14.4 Å². The quantitative estimate of drug-likeness (QED) is 0.493.